The Balaban J connectivity index is 0.000000281. The van der Waals surface area contributed by atoms with Crippen molar-refractivity contribution in [3.8, 4) is 0 Å². The van der Waals surface area contributed by atoms with Gasteiger partial charge >= 0.3 is 11.9 Å². The number of carbonyl (C=O) groups is 2. The van der Waals surface area contributed by atoms with Gasteiger partial charge in [0.15, 0.2) is 5.76 Å². The minimum absolute atomic E-state index is 0.0255. The third kappa shape index (κ3) is 7.84. The number of aliphatic hydroxyl groups is 1. The fourth-order valence-corrected chi connectivity index (χ4v) is 1.09. The fourth-order valence-electron chi connectivity index (χ4n) is 1.09. The van der Waals surface area contributed by atoms with Gasteiger partial charge in [-0.15, -0.1) is 0 Å². The molecule has 1 heterocycles. The molecule has 0 aromatic heterocycles. The summed E-state index contributed by atoms with van der Waals surface area (Å²) in [7, 11) is 0. The maximum Gasteiger partial charge on any atom is 0.370 e. The lowest BCUT2D eigenvalue weighted by molar-refractivity contribution is -0.142. The van der Waals surface area contributed by atoms with Gasteiger partial charge in [0.25, 0.3) is 0 Å². The lowest BCUT2D eigenvalue weighted by atomic mass is 10.2. The second-order valence-corrected chi connectivity index (χ2v) is 3.33. The van der Waals surface area contributed by atoms with E-state index in [1.807, 2.05) is 0 Å². The predicted molar refractivity (Wildman–Crippen MR) is 58.1 cm³/mol. The Morgan fingerprint density at radius 1 is 1.38 bits per heavy atom. The van der Waals surface area contributed by atoms with Crippen molar-refractivity contribution in [2.45, 2.75) is 39.0 Å². The van der Waals surface area contributed by atoms with Gasteiger partial charge < -0.3 is 14.9 Å². The van der Waals surface area contributed by atoms with E-state index in [1.165, 1.54) is 6.08 Å². The Kier molecular flexibility index (Phi) is 7.93. The number of rotatable bonds is 2. The smallest absolute Gasteiger partial charge is 0.370 e. The number of aliphatic hydroxyl groups excluding tert-OH is 1. The molecule has 0 aliphatic carbocycles. The average Bonchev–Trinajstić information content (AvgIpc) is 2.47. The molecule has 0 amide bonds. The molecular weight excluding hydrogens is 212 g/mol. The normalized spacial score (nSPS) is 16.6. The number of allylic oxidation sites excluding steroid dienone is 1. The molecule has 0 unspecified atom stereocenters. The topological polar surface area (TPSA) is 83.8 Å². The maximum absolute atomic E-state index is 10.5. The number of esters is 1. The molecule has 1 saturated heterocycles. The van der Waals surface area contributed by atoms with Crippen LogP contribution in [-0.2, 0) is 14.3 Å². The SMILES string of the molecule is CC/C=C(\O)C(=O)O.O=C1CCCCCO1. The van der Waals surface area contributed by atoms with Crippen LogP contribution in [0.2, 0.25) is 0 Å². The monoisotopic (exact) mass is 230 g/mol. The molecule has 5 heteroatoms. The van der Waals surface area contributed by atoms with Gasteiger partial charge in [0.2, 0.25) is 0 Å². The van der Waals surface area contributed by atoms with E-state index in [2.05, 4.69) is 0 Å². The first kappa shape index (κ1) is 14.5. The molecule has 5 nitrogen and oxygen atoms in total. The van der Waals surface area contributed by atoms with Crippen LogP contribution in [0.25, 0.3) is 0 Å². The van der Waals surface area contributed by atoms with Crippen LogP contribution in [0.15, 0.2) is 11.8 Å². The highest BCUT2D eigenvalue weighted by Crippen LogP contribution is 2.06. The van der Waals surface area contributed by atoms with Crippen LogP contribution in [-0.4, -0.2) is 28.8 Å². The summed E-state index contributed by atoms with van der Waals surface area (Å²) >= 11 is 0. The Hall–Kier alpha value is -1.52. The van der Waals surface area contributed by atoms with Crippen molar-refractivity contribution in [1.29, 1.82) is 0 Å². The van der Waals surface area contributed by atoms with Crippen molar-refractivity contribution in [2.75, 3.05) is 6.61 Å². The van der Waals surface area contributed by atoms with Crippen LogP contribution in [0.4, 0.5) is 0 Å². The van der Waals surface area contributed by atoms with Crippen molar-refractivity contribution in [3.05, 3.63) is 11.8 Å². The predicted octanol–water partition coefficient (Wildman–Crippen LogP) is 2.03. The fraction of sp³-hybridized carbons (Fsp3) is 0.636. The van der Waals surface area contributed by atoms with Gasteiger partial charge in [-0.05, 0) is 31.8 Å². The molecule has 1 aliphatic rings. The van der Waals surface area contributed by atoms with E-state index >= 15 is 0 Å². The molecule has 1 rings (SSSR count). The summed E-state index contributed by atoms with van der Waals surface area (Å²) in [5.74, 6) is -1.87. The van der Waals surface area contributed by atoms with Crippen LogP contribution in [0.3, 0.4) is 0 Å². The minimum atomic E-state index is -1.27. The van der Waals surface area contributed by atoms with E-state index in [1.54, 1.807) is 6.92 Å². The molecule has 0 saturated carbocycles. The lowest BCUT2D eigenvalue weighted by Crippen LogP contribution is -2.00. The summed E-state index contributed by atoms with van der Waals surface area (Å²) in [5.41, 5.74) is 0. The van der Waals surface area contributed by atoms with Gasteiger partial charge in [-0.2, -0.15) is 0 Å². The first-order chi connectivity index (χ1) is 7.57. The van der Waals surface area contributed by atoms with Gasteiger partial charge in [-0.1, -0.05) is 6.92 Å². The molecular formula is C11H18O5. The molecule has 1 fully saturated rings. The van der Waals surface area contributed by atoms with Gasteiger partial charge in [0, 0.05) is 6.42 Å². The zero-order chi connectivity index (χ0) is 12.4. The van der Waals surface area contributed by atoms with E-state index in [0.29, 0.717) is 19.4 Å². The average molecular weight is 230 g/mol. The van der Waals surface area contributed by atoms with Gasteiger partial charge in [0.05, 0.1) is 6.61 Å². The van der Waals surface area contributed by atoms with E-state index in [9.17, 15) is 9.59 Å². The van der Waals surface area contributed by atoms with E-state index in [4.69, 9.17) is 14.9 Å². The molecule has 16 heavy (non-hydrogen) atoms. The number of carboxylic acid groups (broad SMARTS) is 1. The largest absolute Gasteiger partial charge is 0.502 e. The third-order valence-corrected chi connectivity index (χ3v) is 1.90. The quantitative estimate of drug-likeness (QED) is 0.430. The highest BCUT2D eigenvalue weighted by atomic mass is 16.5. The standard InChI is InChI=1S/C6H10O2.C5H8O3/c7-6-4-2-1-3-5-8-6;1-2-3-4(6)5(7)8/h1-5H2;3,6H,2H2,1H3,(H,7,8)/b;4-3-. The van der Waals surface area contributed by atoms with Gasteiger partial charge in [-0.25, -0.2) is 4.79 Å². The van der Waals surface area contributed by atoms with E-state index < -0.39 is 11.7 Å². The number of cyclic esters (lactones) is 1. The summed E-state index contributed by atoms with van der Waals surface area (Å²) in [4.78, 5) is 20.2. The first-order valence-electron chi connectivity index (χ1n) is 5.36. The molecule has 0 aromatic rings. The molecule has 0 spiro atoms. The highest BCUT2D eigenvalue weighted by molar-refractivity contribution is 5.83. The second-order valence-electron chi connectivity index (χ2n) is 3.33. The Morgan fingerprint density at radius 3 is 2.56 bits per heavy atom. The number of hydrogen-bond donors (Lipinski definition) is 2. The van der Waals surface area contributed by atoms with Crippen molar-refractivity contribution < 1.29 is 24.5 Å². The van der Waals surface area contributed by atoms with Crippen molar-refractivity contribution in [3.63, 3.8) is 0 Å². The Morgan fingerprint density at radius 2 is 2.06 bits per heavy atom. The highest BCUT2D eigenvalue weighted by Gasteiger charge is 2.05. The zero-order valence-corrected chi connectivity index (χ0v) is 9.44. The molecule has 0 bridgehead atoms. The summed E-state index contributed by atoms with van der Waals surface area (Å²) in [6, 6.07) is 0. The second kappa shape index (κ2) is 8.76. The lowest BCUT2D eigenvalue weighted by Gasteiger charge is -1.93. The van der Waals surface area contributed by atoms with Crippen molar-refractivity contribution in [1.82, 2.24) is 0 Å². The van der Waals surface area contributed by atoms with Gasteiger partial charge in [0.1, 0.15) is 0 Å². The van der Waals surface area contributed by atoms with Crippen LogP contribution >= 0.6 is 0 Å². The number of carboxylic acids is 1. The van der Waals surface area contributed by atoms with E-state index in [0.717, 1.165) is 19.3 Å². The molecule has 0 radical (unpaired) electrons. The van der Waals surface area contributed by atoms with Crippen LogP contribution in [0.5, 0.6) is 0 Å². The summed E-state index contributed by atoms with van der Waals surface area (Å²) in [6.07, 6.45) is 5.61. The molecule has 0 atom stereocenters. The Labute approximate surface area is 94.7 Å². The number of ether oxygens (including phenoxy) is 1. The van der Waals surface area contributed by atoms with Crippen LogP contribution < -0.4 is 0 Å². The van der Waals surface area contributed by atoms with Crippen LogP contribution in [0, 0.1) is 0 Å². The number of hydrogen-bond acceptors (Lipinski definition) is 4. The van der Waals surface area contributed by atoms with Crippen molar-refractivity contribution >= 4 is 11.9 Å². The summed E-state index contributed by atoms with van der Waals surface area (Å²) < 4.78 is 4.76. The zero-order valence-electron chi connectivity index (χ0n) is 9.44. The number of carbonyl (C=O) groups excluding carboxylic acids is 1. The Bertz CT molecular complexity index is 247. The molecule has 0 aromatic carbocycles. The minimum Gasteiger partial charge on any atom is -0.502 e. The summed E-state index contributed by atoms with van der Waals surface area (Å²) in [5, 5.41) is 16.4. The maximum atomic E-state index is 10.5. The number of aliphatic carboxylic acids is 1. The van der Waals surface area contributed by atoms with Crippen molar-refractivity contribution in [2.24, 2.45) is 0 Å². The first-order valence-corrected chi connectivity index (χ1v) is 5.36. The van der Waals surface area contributed by atoms with Gasteiger partial charge in [-0.3, -0.25) is 4.79 Å². The van der Waals surface area contributed by atoms with Crippen LogP contribution in [0.1, 0.15) is 39.0 Å². The molecule has 1 aliphatic heterocycles. The summed E-state index contributed by atoms with van der Waals surface area (Å²) in [6.45, 7) is 2.39. The molecule has 2 N–H and O–H groups in total. The molecule has 92 valence electrons. The van der Waals surface area contributed by atoms with E-state index in [-0.39, 0.29) is 5.97 Å². The third-order valence-electron chi connectivity index (χ3n) is 1.90.